The second-order valence-electron chi connectivity index (χ2n) is 5.98. The van der Waals surface area contributed by atoms with E-state index in [1.165, 1.54) is 36.6 Å². The zero-order valence-electron chi connectivity index (χ0n) is 10.3. The molecule has 0 aromatic carbocycles. The van der Waals surface area contributed by atoms with Crippen molar-refractivity contribution in [2.45, 2.75) is 51.6 Å². The van der Waals surface area contributed by atoms with Crippen LogP contribution in [0.15, 0.2) is 4.99 Å². The van der Waals surface area contributed by atoms with E-state index in [0.717, 1.165) is 17.9 Å². The Hall–Kier alpha value is -0.180. The van der Waals surface area contributed by atoms with Gasteiger partial charge in [-0.3, -0.25) is 4.99 Å². The molecule has 0 radical (unpaired) electrons. The first-order valence-electron chi connectivity index (χ1n) is 6.69. The molecule has 2 bridgehead atoms. The number of fused-ring (bicyclic) bond motifs is 2. The lowest BCUT2D eigenvalue weighted by molar-refractivity contribution is 0.391. The second-order valence-corrected chi connectivity index (χ2v) is 6.99. The highest BCUT2D eigenvalue weighted by atomic mass is 32.2. The van der Waals surface area contributed by atoms with Crippen molar-refractivity contribution >= 4 is 16.9 Å². The maximum Gasteiger partial charge on any atom is 0.157 e. The van der Waals surface area contributed by atoms with E-state index in [1.807, 2.05) is 11.8 Å². The van der Waals surface area contributed by atoms with Crippen LogP contribution in [0.2, 0.25) is 0 Å². The van der Waals surface area contributed by atoms with Crippen molar-refractivity contribution in [3.8, 4) is 0 Å². The van der Waals surface area contributed by atoms with Crippen molar-refractivity contribution in [1.29, 1.82) is 0 Å². The van der Waals surface area contributed by atoms with E-state index in [2.05, 4.69) is 19.2 Å². The average molecular weight is 238 g/mol. The van der Waals surface area contributed by atoms with Gasteiger partial charge in [0.15, 0.2) is 5.17 Å². The molecule has 1 N–H and O–H groups in total. The van der Waals surface area contributed by atoms with Crippen molar-refractivity contribution in [3.63, 3.8) is 0 Å². The first-order chi connectivity index (χ1) is 7.72. The van der Waals surface area contributed by atoms with Crippen molar-refractivity contribution in [3.05, 3.63) is 0 Å². The van der Waals surface area contributed by atoms with Crippen LogP contribution in [0.1, 0.15) is 39.5 Å². The van der Waals surface area contributed by atoms with Crippen molar-refractivity contribution in [2.24, 2.45) is 22.7 Å². The van der Waals surface area contributed by atoms with Crippen molar-refractivity contribution < 1.29 is 0 Å². The van der Waals surface area contributed by atoms with Crippen LogP contribution in [-0.2, 0) is 0 Å². The molecule has 16 heavy (non-hydrogen) atoms. The van der Waals surface area contributed by atoms with Crippen LogP contribution in [0, 0.1) is 17.8 Å². The highest BCUT2D eigenvalue weighted by molar-refractivity contribution is 8.14. The van der Waals surface area contributed by atoms with Crippen LogP contribution in [0.25, 0.3) is 0 Å². The molecule has 2 saturated carbocycles. The SMILES string of the molecule is CC(C)[C@H]1CSC(NC2CC3CCC2C3)=N1. The molecular weight excluding hydrogens is 216 g/mol. The lowest BCUT2D eigenvalue weighted by Gasteiger charge is -2.23. The molecule has 3 rings (SSSR count). The van der Waals surface area contributed by atoms with E-state index in [1.54, 1.807) is 0 Å². The molecular formula is C13H22N2S. The fraction of sp³-hybridized carbons (Fsp3) is 0.923. The molecule has 3 aliphatic rings. The lowest BCUT2D eigenvalue weighted by atomic mass is 9.96. The molecule has 2 fully saturated rings. The Labute approximate surface area is 103 Å². The number of aliphatic imine (C=N–C) groups is 1. The third-order valence-corrected chi connectivity index (χ3v) is 5.50. The molecule has 2 aliphatic carbocycles. The third kappa shape index (κ3) is 1.99. The van der Waals surface area contributed by atoms with Gasteiger partial charge in [-0.15, -0.1) is 0 Å². The summed E-state index contributed by atoms with van der Waals surface area (Å²) < 4.78 is 0. The van der Waals surface area contributed by atoms with Gasteiger partial charge in [-0.05, 0) is 37.0 Å². The molecule has 2 nitrogen and oxygen atoms in total. The lowest BCUT2D eigenvalue weighted by Crippen LogP contribution is -2.36. The molecule has 0 aromatic rings. The summed E-state index contributed by atoms with van der Waals surface area (Å²) in [6.07, 6.45) is 5.81. The van der Waals surface area contributed by atoms with Crippen LogP contribution in [0.4, 0.5) is 0 Å². The molecule has 3 heteroatoms. The minimum absolute atomic E-state index is 0.547. The second kappa shape index (κ2) is 4.25. The molecule has 0 spiro atoms. The number of nitrogens with one attached hydrogen (secondary N) is 1. The van der Waals surface area contributed by atoms with Gasteiger partial charge in [0.1, 0.15) is 0 Å². The maximum absolute atomic E-state index is 4.80. The number of hydrogen-bond acceptors (Lipinski definition) is 3. The van der Waals surface area contributed by atoms with Gasteiger partial charge < -0.3 is 5.32 Å². The average Bonchev–Trinajstić information content (AvgIpc) is 2.91. The quantitative estimate of drug-likeness (QED) is 0.800. The highest BCUT2D eigenvalue weighted by Gasteiger charge is 2.40. The van der Waals surface area contributed by atoms with Crippen LogP contribution in [-0.4, -0.2) is 23.0 Å². The number of rotatable bonds is 2. The van der Waals surface area contributed by atoms with Gasteiger partial charge in [0, 0.05) is 11.8 Å². The van der Waals surface area contributed by atoms with Crippen LogP contribution >= 0.6 is 11.8 Å². The van der Waals surface area contributed by atoms with E-state index in [9.17, 15) is 0 Å². The molecule has 4 atom stereocenters. The summed E-state index contributed by atoms with van der Waals surface area (Å²) in [5.41, 5.74) is 0. The van der Waals surface area contributed by atoms with Crippen LogP contribution in [0.3, 0.4) is 0 Å². The summed E-state index contributed by atoms with van der Waals surface area (Å²) in [5, 5.41) is 4.94. The van der Waals surface area contributed by atoms with E-state index >= 15 is 0 Å². The van der Waals surface area contributed by atoms with Crippen molar-refractivity contribution in [1.82, 2.24) is 5.32 Å². The van der Waals surface area contributed by atoms with Crippen molar-refractivity contribution in [2.75, 3.05) is 5.75 Å². The third-order valence-electron chi connectivity index (χ3n) is 4.49. The van der Waals surface area contributed by atoms with Gasteiger partial charge in [0.05, 0.1) is 6.04 Å². The normalized spacial score (nSPS) is 41.8. The van der Waals surface area contributed by atoms with Crippen LogP contribution in [0.5, 0.6) is 0 Å². The summed E-state index contributed by atoms with van der Waals surface area (Å²) in [6, 6.07) is 1.29. The monoisotopic (exact) mass is 238 g/mol. The fourth-order valence-electron chi connectivity index (χ4n) is 3.39. The molecule has 1 aliphatic heterocycles. The Kier molecular flexibility index (Phi) is 2.90. The zero-order valence-corrected chi connectivity index (χ0v) is 11.1. The van der Waals surface area contributed by atoms with Gasteiger partial charge in [0.2, 0.25) is 0 Å². The first-order valence-corrected chi connectivity index (χ1v) is 7.68. The predicted molar refractivity (Wildman–Crippen MR) is 70.9 cm³/mol. The molecule has 90 valence electrons. The van der Waals surface area contributed by atoms with E-state index < -0.39 is 0 Å². The van der Waals surface area contributed by atoms with Gasteiger partial charge in [-0.25, -0.2) is 0 Å². The summed E-state index contributed by atoms with van der Waals surface area (Å²) in [5.74, 6) is 3.84. The van der Waals surface area contributed by atoms with E-state index in [-0.39, 0.29) is 0 Å². The van der Waals surface area contributed by atoms with E-state index in [0.29, 0.717) is 12.0 Å². The predicted octanol–water partition coefficient (Wildman–Crippen LogP) is 2.89. The number of amidine groups is 1. The molecule has 0 amide bonds. The van der Waals surface area contributed by atoms with Gasteiger partial charge in [0.25, 0.3) is 0 Å². The van der Waals surface area contributed by atoms with Gasteiger partial charge >= 0.3 is 0 Å². The Bertz CT molecular complexity index is 300. The Morgan fingerprint density at radius 1 is 1.31 bits per heavy atom. The summed E-state index contributed by atoms with van der Waals surface area (Å²) in [6.45, 7) is 4.55. The molecule has 3 unspecified atom stereocenters. The van der Waals surface area contributed by atoms with E-state index in [4.69, 9.17) is 4.99 Å². The molecule has 1 heterocycles. The summed E-state index contributed by atoms with van der Waals surface area (Å²) >= 11 is 1.93. The Morgan fingerprint density at radius 2 is 2.19 bits per heavy atom. The summed E-state index contributed by atoms with van der Waals surface area (Å²) in [7, 11) is 0. The standard InChI is InChI=1S/C13H22N2S/c1-8(2)12-7-16-13(15-12)14-11-6-9-3-4-10(11)5-9/h8-12H,3-7H2,1-2H3,(H,14,15)/t9?,10?,11?,12-/m1/s1. The number of nitrogens with zero attached hydrogens (tertiary/aromatic N) is 1. The van der Waals surface area contributed by atoms with Crippen LogP contribution < -0.4 is 5.32 Å². The smallest absolute Gasteiger partial charge is 0.157 e. The minimum Gasteiger partial charge on any atom is -0.362 e. The Morgan fingerprint density at radius 3 is 2.75 bits per heavy atom. The number of thioether (sulfide) groups is 1. The Balaban J connectivity index is 1.58. The van der Waals surface area contributed by atoms with Gasteiger partial charge in [-0.2, -0.15) is 0 Å². The summed E-state index contributed by atoms with van der Waals surface area (Å²) in [4.78, 5) is 4.80. The number of hydrogen-bond donors (Lipinski definition) is 1. The largest absolute Gasteiger partial charge is 0.362 e. The first kappa shape index (κ1) is 10.9. The minimum atomic E-state index is 0.547. The fourth-order valence-corrected chi connectivity index (χ4v) is 4.62. The maximum atomic E-state index is 4.80. The topological polar surface area (TPSA) is 24.4 Å². The highest BCUT2D eigenvalue weighted by Crippen LogP contribution is 2.44. The zero-order chi connectivity index (χ0) is 11.1. The molecule has 0 aromatic heterocycles. The molecule has 0 saturated heterocycles. The van der Waals surface area contributed by atoms with Gasteiger partial charge in [-0.1, -0.05) is 32.0 Å².